The Labute approximate surface area is 176 Å². The maximum absolute atomic E-state index is 13.4. The van der Waals surface area contributed by atoms with E-state index in [9.17, 15) is 9.59 Å². The predicted molar refractivity (Wildman–Crippen MR) is 111 cm³/mol. The fourth-order valence-corrected chi connectivity index (χ4v) is 4.99. The Morgan fingerprint density at radius 2 is 1.87 bits per heavy atom. The molecule has 0 saturated carbocycles. The van der Waals surface area contributed by atoms with Crippen LogP contribution in [-0.2, 0) is 14.9 Å². The zero-order valence-corrected chi connectivity index (χ0v) is 18.1. The van der Waals surface area contributed by atoms with Gasteiger partial charge in [-0.3, -0.25) is 14.7 Å². The normalized spacial score (nSPS) is 23.5. The molecule has 2 saturated heterocycles. The summed E-state index contributed by atoms with van der Waals surface area (Å²) in [6.07, 6.45) is 0.723. The third-order valence-corrected chi connectivity index (χ3v) is 6.38. The lowest BCUT2D eigenvalue weighted by atomic mass is 9.72. The first kappa shape index (κ1) is 20.5. The number of methoxy groups -OCH3 is 1. The van der Waals surface area contributed by atoms with Crippen LogP contribution in [0.25, 0.3) is 0 Å². The van der Waals surface area contributed by atoms with Crippen molar-refractivity contribution in [1.29, 1.82) is 0 Å². The van der Waals surface area contributed by atoms with Crippen LogP contribution in [0, 0.1) is 26.7 Å². The number of carbonyl (C=O) groups excluding carboxylic acids is 2. The molecule has 2 aliphatic heterocycles. The Morgan fingerprint density at radius 3 is 2.50 bits per heavy atom. The highest BCUT2D eigenvalue weighted by Gasteiger charge is 2.54. The number of amides is 2. The number of fused-ring (bicyclic) bond motifs is 1. The van der Waals surface area contributed by atoms with Gasteiger partial charge < -0.3 is 14.5 Å². The number of likely N-dealkylation sites (tertiary alicyclic amines) is 2. The van der Waals surface area contributed by atoms with Gasteiger partial charge in [-0.1, -0.05) is 17.2 Å². The molecule has 2 amide bonds. The summed E-state index contributed by atoms with van der Waals surface area (Å²) in [7, 11) is 1.53. The minimum absolute atomic E-state index is 0.0173. The molecular formula is C22H29N5O3. The molecule has 0 radical (unpaired) electrons. The van der Waals surface area contributed by atoms with E-state index in [1.165, 1.54) is 7.11 Å². The fraction of sp³-hybridized carbons (Fsp3) is 0.545. The number of aromatic nitrogens is 3. The lowest BCUT2D eigenvalue weighted by Gasteiger charge is -2.41. The number of nitrogens with one attached hydrogen (secondary N) is 1. The van der Waals surface area contributed by atoms with Crippen LogP contribution < -0.4 is 0 Å². The van der Waals surface area contributed by atoms with Crippen molar-refractivity contribution in [3.8, 4) is 0 Å². The van der Waals surface area contributed by atoms with Gasteiger partial charge in [0.05, 0.1) is 5.41 Å². The topological polar surface area (TPSA) is 91.4 Å². The van der Waals surface area contributed by atoms with Gasteiger partial charge in [0.25, 0.3) is 5.91 Å². The number of carbonyl (C=O) groups is 2. The Morgan fingerprint density at radius 1 is 1.17 bits per heavy atom. The quantitative estimate of drug-likeness (QED) is 0.826. The van der Waals surface area contributed by atoms with Crippen LogP contribution in [0.4, 0.5) is 0 Å². The number of aryl methyl sites for hydroxylation is 3. The molecule has 1 aromatic carbocycles. The third-order valence-electron chi connectivity index (χ3n) is 6.38. The lowest BCUT2D eigenvalue weighted by molar-refractivity contribution is -0.137. The second-order valence-corrected chi connectivity index (χ2v) is 8.68. The summed E-state index contributed by atoms with van der Waals surface area (Å²) in [6.45, 7) is 8.29. The van der Waals surface area contributed by atoms with E-state index >= 15 is 0 Å². The highest BCUT2D eigenvalue weighted by molar-refractivity contribution is 5.95. The van der Waals surface area contributed by atoms with E-state index in [0.29, 0.717) is 31.7 Å². The van der Waals surface area contributed by atoms with E-state index in [2.05, 4.69) is 21.2 Å². The van der Waals surface area contributed by atoms with Crippen LogP contribution >= 0.6 is 0 Å². The summed E-state index contributed by atoms with van der Waals surface area (Å²) < 4.78 is 5.04. The fourth-order valence-electron chi connectivity index (χ4n) is 4.99. The first-order valence-corrected chi connectivity index (χ1v) is 10.4. The van der Waals surface area contributed by atoms with Crippen molar-refractivity contribution in [1.82, 2.24) is 25.0 Å². The third kappa shape index (κ3) is 3.60. The van der Waals surface area contributed by atoms with Gasteiger partial charge in [0.1, 0.15) is 12.4 Å². The van der Waals surface area contributed by atoms with Crippen LogP contribution in [0.1, 0.15) is 39.6 Å². The van der Waals surface area contributed by atoms with Gasteiger partial charge in [-0.15, -0.1) is 0 Å². The molecule has 1 N–H and O–H groups in total. The van der Waals surface area contributed by atoms with Crippen molar-refractivity contribution >= 4 is 11.8 Å². The first-order valence-electron chi connectivity index (χ1n) is 10.4. The van der Waals surface area contributed by atoms with Crippen LogP contribution in [-0.4, -0.2) is 76.7 Å². The Hall–Kier alpha value is -2.74. The van der Waals surface area contributed by atoms with Crippen molar-refractivity contribution in [2.24, 2.45) is 5.92 Å². The minimum atomic E-state index is -0.344. The van der Waals surface area contributed by atoms with E-state index in [1.54, 1.807) is 0 Å². The Balaban J connectivity index is 1.64. The predicted octanol–water partition coefficient (Wildman–Crippen LogP) is 1.62. The van der Waals surface area contributed by atoms with Crippen LogP contribution in [0.3, 0.4) is 0 Å². The monoisotopic (exact) mass is 411 g/mol. The molecule has 1 aromatic heterocycles. The molecule has 2 aromatic rings. The number of piperidine rings is 1. The highest BCUT2D eigenvalue weighted by atomic mass is 16.5. The lowest BCUT2D eigenvalue weighted by Crippen LogP contribution is -2.52. The molecule has 2 aliphatic rings. The first-order chi connectivity index (χ1) is 14.3. The molecule has 8 heteroatoms. The number of hydrogen-bond donors (Lipinski definition) is 1. The molecule has 160 valence electrons. The Bertz CT molecular complexity index is 951. The highest BCUT2D eigenvalue weighted by Crippen LogP contribution is 2.44. The van der Waals surface area contributed by atoms with E-state index in [-0.39, 0.29) is 29.8 Å². The van der Waals surface area contributed by atoms with E-state index in [4.69, 9.17) is 4.74 Å². The minimum Gasteiger partial charge on any atom is -0.375 e. The molecule has 2 atom stereocenters. The number of hydrogen-bond acceptors (Lipinski definition) is 5. The number of ether oxygens (including phenoxy) is 1. The van der Waals surface area contributed by atoms with Crippen molar-refractivity contribution < 1.29 is 14.3 Å². The van der Waals surface area contributed by atoms with Gasteiger partial charge in [0, 0.05) is 44.8 Å². The summed E-state index contributed by atoms with van der Waals surface area (Å²) in [4.78, 5) is 34.2. The molecule has 0 spiro atoms. The molecule has 30 heavy (non-hydrogen) atoms. The van der Waals surface area contributed by atoms with Gasteiger partial charge in [-0.2, -0.15) is 5.10 Å². The smallest absolute Gasteiger partial charge is 0.253 e. The number of aromatic amines is 1. The van der Waals surface area contributed by atoms with E-state index in [1.807, 2.05) is 42.7 Å². The van der Waals surface area contributed by atoms with Gasteiger partial charge in [0.2, 0.25) is 5.91 Å². The maximum atomic E-state index is 13.4. The molecule has 4 rings (SSSR count). The molecule has 0 unspecified atom stereocenters. The molecule has 0 aliphatic carbocycles. The zero-order chi connectivity index (χ0) is 21.5. The summed E-state index contributed by atoms with van der Waals surface area (Å²) in [5.41, 5.74) is 2.51. The van der Waals surface area contributed by atoms with E-state index in [0.717, 1.165) is 29.2 Å². The van der Waals surface area contributed by atoms with Crippen molar-refractivity contribution in [2.75, 3.05) is 39.9 Å². The second-order valence-electron chi connectivity index (χ2n) is 8.68. The van der Waals surface area contributed by atoms with Crippen molar-refractivity contribution in [3.63, 3.8) is 0 Å². The molecular weight excluding hydrogens is 382 g/mol. The van der Waals surface area contributed by atoms with Crippen molar-refractivity contribution in [2.45, 2.75) is 32.6 Å². The van der Waals surface area contributed by atoms with Gasteiger partial charge >= 0.3 is 0 Å². The molecule has 3 heterocycles. The maximum Gasteiger partial charge on any atom is 0.253 e. The van der Waals surface area contributed by atoms with Crippen LogP contribution in [0.2, 0.25) is 0 Å². The average Bonchev–Trinajstić information content (AvgIpc) is 3.30. The molecule has 0 bridgehead atoms. The Kier molecular flexibility index (Phi) is 5.36. The number of nitrogens with zero attached hydrogens (tertiary/aromatic N) is 4. The summed E-state index contributed by atoms with van der Waals surface area (Å²) in [5.74, 6) is 1.60. The number of H-pyrrole nitrogens is 1. The van der Waals surface area contributed by atoms with Crippen LogP contribution in [0.5, 0.6) is 0 Å². The van der Waals surface area contributed by atoms with Gasteiger partial charge in [-0.25, -0.2) is 4.98 Å². The SMILES string of the molecule is COCC(=O)N1CC[C@@]2(c3n[nH]c(C)n3)CN(C(=O)c3cc(C)cc(C)c3)C[C@H]2C1. The van der Waals surface area contributed by atoms with E-state index < -0.39 is 0 Å². The average molecular weight is 412 g/mol. The van der Waals surface area contributed by atoms with Gasteiger partial charge in [-0.05, 0) is 39.3 Å². The second kappa shape index (κ2) is 7.83. The number of rotatable bonds is 4. The summed E-state index contributed by atoms with van der Waals surface area (Å²) in [6, 6.07) is 5.95. The zero-order valence-electron chi connectivity index (χ0n) is 18.1. The van der Waals surface area contributed by atoms with Gasteiger partial charge in [0.15, 0.2) is 5.82 Å². The molecule has 2 fully saturated rings. The standard InChI is InChI=1S/C22H29N5O3/c1-14-7-15(2)9-17(8-14)20(29)27-11-18-10-26(19(28)12-30-4)6-5-22(18,13-27)21-23-16(3)24-25-21/h7-9,18H,5-6,10-13H2,1-4H3,(H,23,24,25)/t18-,22-/m1/s1. The summed E-state index contributed by atoms with van der Waals surface area (Å²) >= 11 is 0. The summed E-state index contributed by atoms with van der Waals surface area (Å²) in [5, 5.41) is 7.42. The van der Waals surface area contributed by atoms with Crippen LogP contribution in [0.15, 0.2) is 18.2 Å². The largest absolute Gasteiger partial charge is 0.375 e. The number of benzene rings is 1. The molecule has 8 nitrogen and oxygen atoms in total. The van der Waals surface area contributed by atoms with Crippen molar-refractivity contribution in [3.05, 3.63) is 46.5 Å².